The van der Waals surface area contributed by atoms with E-state index in [9.17, 15) is 4.79 Å². The van der Waals surface area contributed by atoms with Gasteiger partial charge in [-0.15, -0.1) is 0 Å². The highest BCUT2D eigenvalue weighted by Crippen LogP contribution is 2.04. The third kappa shape index (κ3) is 1.77. The smallest absolute Gasteiger partial charge is 0.279 e. The Morgan fingerprint density at radius 2 is 2.33 bits per heavy atom. The van der Waals surface area contributed by atoms with Crippen molar-refractivity contribution in [2.24, 2.45) is 5.92 Å². The van der Waals surface area contributed by atoms with Gasteiger partial charge in [-0.2, -0.15) is 0 Å². The van der Waals surface area contributed by atoms with Crippen LogP contribution in [-0.2, 0) is 6.54 Å². The Labute approximate surface area is 87.2 Å². The van der Waals surface area contributed by atoms with Gasteiger partial charge < -0.3 is 4.98 Å². The molecule has 80 valence electrons. The molecule has 0 aliphatic carbocycles. The molecule has 0 spiro atoms. The topological polar surface area (TPSA) is 63.6 Å². The first-order chi connectivity index (χ1) is 7.22. The van der Waals surface area contributed by atoms with Crippen molar-refractivity contribution in [3.8, 4) is 0 Å². The van der Waals surface area contributed by atoms with E-state index in [2.05, 4.69) is 28.8 Å². The molecular weight excluding hydrogens is 192 g/mol. The molecule has 2 aromatic rings. The first kappa shape index (κ1) is 9.89. The molecule has 2 aromatic heterocycles. The zero-order valence-corrected chi connectivity index (χ0v) is 8.90. The lowest BCUT2D eigenvalue weighted by Gasteiger charge is -2.09. The highest BCUT2D eigenvalue weighted by molar-refractivity contribution is 5.67. The van der Waals surface area contributed by atoms with Crippen molar-refractivity contribution < 1.29 is 0 Å². The maximum Gasteiger partial charge on any atom is 0.279 e. The van der Waals surface area contributed by atoms with E-state index in [1.165, 1.54) is 6.33 Å². The van der Waals surface area contributed by atoms with E-state index in [1.54, 1.807) is 10.9 Å². The van der Waals surface area contributed by atoms with E-state index < -0.39 is 0 Å². The maximum atomic E-state index is 11.9. The number of hydrogen-bond donors (Lipinski definition) is 1. The molecule has 0 aliphatic heterocycles. The molecule has 1 N–H and O–H groups in total. The first-order valence-corrected chi connectivity index (χ1v) is 5.11. The first-order valence-electron chi connectivity index (χ1n) is 5.11. The molecule has 0 radical (unpaired) electrons. The summed E-state index contributed by atoms with van der Waals surface area (Å²) in [6, 6.07) is 0. The second-order valence-electron chi connectivity index (χ2n) is 3.82. The van der Waals surface area contributed by atoms with Gasteiger partial charge in [0, 0.05) is 6.54 Å². The number of hydrogen-bond acceptors (Lipinski definition) is 3. The lowest BCUT2D eigenvalue weighted by Crippen LogP contribution is -2.23. The lowest BCUT2D eigenvalue weighted by molar-refractivity contribution is 0.458. The molecule has 0 saturated carbocycles. The SMILES string of the molecule is CCC(C)Cn1cnc2nc[nH]c2c1=O. The summed E-state index contributed by atoms with van der Waals surface area (Å²) < 4.78 is 1.63. The average molecular weight is 206 g/mol. The average Bonchev–Trinajstić information content (AvgIpc) is 2.70. The zero-order valence-electron chi connectivity index (χ0n) is 8.90. The van der Waals surface area contributed by atoms with Crippen LogP contribution in [0.1, 0.15) is 20.3 Å². The second kappa shape index (κ2) is 3.84. The summed E-state index contributed by atoms with van der Waals surface area (Å²) in [5.41, 5.74) is 0.930. The summed E-state index contributed by atoms with van der Waals surface area (Å²) in [4.78, 5) is 22.8. The number of H-pyrrole nitrogens is 1. The maximum absolute atomic E-state index is 11.9. The van der Waals surface area contributed by atoms with Crippen LogP contribution in [0.5, 0.6) is 0 Å². The molecule has 0 amide bonds. The normalized spacial score (nSPS) is 13.2. The van der Waals surface area contributed by atoms with Gasteiger partial charge in [0.05, 0.1) is 6.33 Å². The predicted octanol–water partition coefficient (Wildman–Crippen LogP) is 1.17. The largest absolute Gasteiger partial charge is 0.339 e. The molecule has 2 heterocycles. The summed E-state index contributed by atoms with van der Waals surface area (Å²) in [7, 11) is 0. The number of nitrogens with one attached hydrogen (secondary N) is 1. The Balaban J connectivity index is 2.44. The minimum absolute atomic E-state index is 0.0437. The molecule has 0 aromatic carbocycles. The zero-order chi connectivity index (χ0) is 10.8. The molecule has 15 heavy (non-hydrogen) atoms. The molecular formula is C10H14N4O. The fourth-order valence-corrected chi connectivity index (χ4v) is 1.46. The van der Waals surface area contributed by atoms with Crippen molar-refractivity contribution in [3.05, 3.63) is 23.0 Å². The van der Waals surface area contributed by atoms with Gasteiger partial charge in [-0.3, -0.25) is 9.36 Å². The monoisotopic (exact) mass is 206 g/mol. The Kier molecular flexibility index (Phi) is 2.53. The third-order valence-electron chi connectivity index (χ3n) is 2.62. The fourth-order valence-electron chi connectivity index (χ4n) is 1.46. The van der Waals surface area contributed by atoms with Gasteiger partial charge in [0.25, 0.3) is 5.56 Å². The molecule has 0 aliphatic rings. The van der Waals surface area contributed by atoms with Gasteiger partial charge in [0.2, 0.25) is 0 Å². The Hall–Kier alpha value is -1.65. The Morgan fingerprint density at radius 1 is 1.53 bits per heavy atom. The standard InChI is InChI=1S/C10H14N4O/c1-3-7(2)4-14-6-13-9-8(10(14)15)11-5-12-9/h5-7H,3-4H2,1-2H3,(H,11,12). The van der Waals surface area contributed by atoms with Gasteiger partial charge in [0.1, 0.15) is 6.33 Å². The van der Waals surface area contributed by atoms with Gasteiger partial charge in [-0.1, -0.05) is 20.3 Å². The summed E-state index contributed by atoms with van der Waals surface area (Å²) >= 11 is 0. The van der Waals surface area contributed by atoms with Crippen molar-refractivity contribution in [2.45, 2.75) is 26.8 Å². The van der Waals surface area contributed by atoms with Crippen LogP contribution in [0, 0.1) is 5.92 Å². The van der Waals surface area contributed by atoms with Crippen molar-refractivity contribution >= 4 is 11.2 Å². The Bertz CT molecular complexity index is 513. The molecule has 2 rings (SSSR count). The quantitative estimate of drug-likeness (QED) is 0.819. The van der Waals surface area contributed by atoms with Crippen LogP contribution in [0.15, 0.2) is 17.4 Å². The van der Waals surface area contributed by atoms with E-state index in [1.807, 2.05) is 0 Å². The molecule has 5 heteroatoms. The van der Waals surface area contributed by atoms with Crippen molar-refractivity contribution in [1.29, 1.82) is 0 Å². The molecule has 0 fully saturated rings. The Morgan fingerprint density at radius 3 is 3.07 bits per heavy atom. The fraction of sp³-hybridized carbons (Fsp3) is 0.500. The van der Waals surface area contributed by atoms with Crippen LogP contribution < -0.4 is 5.56 Å². The van der Waals surface area contributed by atoms with Gasteiger partial charge in [-0.25, -0.2) is 9.97 Å². The van der Waals surface area contributed by atoms with Crippen LogP contribution in [0.3, 0.4) is 0 Å². The van der Waals surface area contributed by atoms with Crippen molar-refractivity contribution in [3.63, 3.8) is 0 Å². The summed E-state index contributed by atoms with van der Waals surface area (Å²) in [5, 5.41) is 0. The number of fused-ring (bicyclic) bond motifs is 1. The minimum Gasteiger partial charge on any atom is -0.339 e. The molecule has 5 nitrogen and oxygen atoms in total. The summed E-state index contributed by atoms with van der Waals surface area (Å²) in [5.74, 6) is 0.477. The molecule has 0 bridgehead atoms. The van der Waals surface area contributed by atoms with Crippen LogP contribution in [-0.4, -0.2) is 19.5 Å². The number of rotatable bonds is 3. The number of aromatic amines is 1. The third-order valence-corrected chi connectivity index (χ3v) is 2.62. The number of aromatic nitrogens is 4. The van der Waals surface area contributed by atoms with E-state index in [-0.39, 0.29) is 5.56 Å². The lowest BCUT2D eigenvalue weighted by atomic mass is 10.1. The highest BCUT2D eigenvalue weighted by Gasteiger charge is 2.07. The molecule has 0 saturated heterocycles. The minimum atomic E-state index is -0.0437. The van der Waals surface area contributed by atoms with Gasteiger partial charge >= 0.3 is 0 Å². The van der Waals surface area contributed by atoms with E-state index in [4.69, 9.17) is 0 Å². The van der Waals surface area contributed by atoms with E-state index >= 15 is 0 Å². The van der Waals surface area contributed by atoms with E-state index in [0.29, 0.717) is 23.6 Å². The van der Waals surface area contributed by atoms with Crippen molar-refractivity contribution in [2.75, 3.05) is 0 Å². The molecule has 1 unspecified atom stereocenters. The molecule has 1 atom stereocenters. The number of nitrogens with zero attached hydrogens (tertiary/aromatic N) is 3. The van der Waals surface area contributed by atoms with Crippen LogP contribution >= 0.6 is 0 Å². The van der Waals surface area contributed by atoms with Crippen molar-refractivity contribution in [1.82, 2.24) is 19.5 Å². The van der Waals surface area contributed by atoms with Crippen LogP contribution in [0.4, 0.5) is 0 Å². The summed E-state index contributed by atoms with van der Waals surface area (Å²) in [6.45, 7) is 4.93. The van der Waals surface area contributed by atoms with Crippen LogP contribution in [0.2, 0.25) is 0 Å². The second-order valence-corrected chi connectivity index (χ2v) is 3.82. The highest BCUT2D eigenvalue weighted by atomic mass is 16.1. The van der Waals surface area contributed by atoms with Crippen LogP contribution in [0.25, 0.3) is 11.2 Å². The number of imidazole rings is 1. The predicted molar refractivity (Wildman–Crippen MR) is 57.6 cm³/mol. The van der Waals surface area contributed by atoms with Gasteiger partial charge in [-0.05, 0) is 5.92 Å². The van der Waals surface area contributed by atoms with E-state index in [0.717, 1.165) is 6.42 Å². The summed E-state index contributed by atoms with van der Waals surface area (Å²) in [6.07, 6.45) is 4.11. The van der Waals surface area contributed by atoms with Gasteiger partial charge in [0.15, 0.2) is 11.2 Å².